The lowest BCUT2D eigenvalue weighted by atomic mass is 10.4. The number of pyridine rings is 1. The standard InChI is InChI=1S/C10H7IN2OS/c11-7-3-4-9(12-6-7)13-10(14)8-2-1-5-15-8/h1-6H,(H,12,13,14). The zero-order valence-electron chi connectivity index (χ0n) is 7.61. The van der Waals surface area contributed by atoms with Crippen molar-refractivity contribution in [1.29, 1.82) is 0 Å². The molecule has 0 spiro atoms. The Kier molecular flexibility index (Phi) is 3.32. The minimum atomic E-state index is -0.112. The summed E-state index contributed by atoms with van der Waals surface area (Å²) >= 11 is 3.58. The Morgan fingerprint density at radius 1 is 1.40 bits per heavy atom. The quantitative estimate of drug-likeness (QED) is 0.860. The van der Waals surface area contributed by atoms with Gasteiger partial charge in [0, 0.05) is 9.77 Å². The zero-order valence-corrected chi connectivity index (χ0v) is 10.6. The Morgan fingerprint density at radius 3 is 2.87 bits per heavy atom. The molecule has 76 valence electrons. The second kappa shape index (κ2) is 4.71. The second-order valence-corrected chi connectivity index (χ2v) is 4.99. The SMILES string of the molecule is O=C(Nc1ccc(I)cn1)c1cccs1. The van der Waals surface area contributed by atoms with Crippen molar-refractivity contribution < 1.29 is 4.79 Å². The molecule has 0 aliphatic carbocycles. The molecule has 2 aromatic rings. The van der Waals surface area contributed by atoms with Gasteiger partial charge in [0.25, 0.3) is 5.91 Å². The van der Waals surface area contributed by atoms with Gasteiger partial charge in [0.1, 0.15) is 5.82 Å². The number of carbonyl (C=O) groups excluding carboxylic acids is 1. The van der Waals surface area contributed by atoms with Crippen LogP contribution in [0.15, 0.2) is 35.8 Å². The molecular formula is C10H7IN2OS. The van der Waals surface area contributed by atoms with Crippen molar-refractivity contribution >= 4 is 45.7 Å². The molecule has 2 rings (SSSR count). The Morgan fingerprint density at radius 2 is 2.27 bits per heavy atom. The van der Waals surface area contributed by atoms with E-state index in [1.807, 2.05) is 17.5 Å². The van der Waals surface area contributed by atoms with Crippen LogP contribution in [-0.4, -0.2) is 10.9 Å². The molecule has 0 atom stereocenters. The van der Waals surface area contributed by atoms with Crippen LogP contribution in [0.4, 0.5) is 5.82 Å². The summed E-state index contributed by atoms with van der Waals surface area (Å²) in [4.78, 5) is 16.4. The Labute approximate surface area is 105 Å². The summed E-state index contributed by atoms with van der Waals surface area (Å²) in [6, 6.07) is 7.32. The topological polar surface area (TPSA) is 42.0 Å². The third-order valence-corrected chi connectivity index (χ3v) is 3.22. The van der Waals surface area contributed by atoms with Gasteiger partial charge in [-0.15, -0.1) is 11.3 Å². The van der Waals surface area contributed by atoms with Crippen molar-refractivity contribution in [3.05, 3.63) is 44.3 Å². The number of aromatic nitrogens is 1. The summed E-state index contributed by atoms with van der Waals surface area (Å²) in [6.45, 7) is 0. The molecule has 3 nitrogen and oxygen atoms in total. The summed E-state index contributed by atoms with van der Waals surface area (Å²) in [5.74, 6) is 0.465. The van der Waals surface area contributed by atoms with Crippen molar-refractivity contribution in [3.8, 4) is 0 Å². The fraction of sp³-hybridized carbons (Fsp3) is 0. The molecule has 0 saturated heterocycles. The number of rotatable bonds is 2. The van der Waals surface area contributed by atoms with Gasteiger partial charge in [-0.05, 0) is 46.2 Å². The number of nitrogens with one attached hydrogen (secondary N) is 1. The highest BCUT2D eigenvalue weighted by Crippen LogP contribution is 2.12. The lowest BCUT2D eigenvalue weighted by Crippen LogP contribution is -2.11. The molecule has 0 radical (unpaired) electrons. The van der Waals surface area contributed by atoms with Gasteiger partial charge in [0.2, 0.25) is 0 Å². The molecule has 1 N–H and O–H groups in total. The fourth-order valence-electron chi connectivity index (χ4n) is 1.04. The molecule has 0 unspecified atom stereocenters. The van der Waals surface area contributed by atoms with E-state index in [0.717, 1.165) is 3.57 Å². The van der Waals surface area contributed by atoms with E-state index in [4.69, 9.17) is 0 Å². The summed E-state index contributed by atoms with van der Waals surface area (Å²) in [5.41, 5.74) is 0. The smallest absolute Gasteiger partial charge is 0.266 e. The number of thiophene rings is 1. The normalized spacial score (nSPS) is 9.93. The van der Waals surface area contributed by atoms with E-state index in [-0.39, 0.29) is 5.91 Å². The molecule has 2 heterocycles. The van der Waals surface area contributed by atoms with Gasteiger partial charge in [-0.1, -0.05) is 6.07 Å². The Balaban J connectivity index is 2.09. The summed E-state index contributed by atoms with van der Waals surface area (Å²) in [7, 11) is 0. The third kappa shape index (κ3) is 2.75. The lowest BCUT2D eigenvalue weighted by molar-refractivity contribution is 0.103. The van der Waals surface area contributed by atoms with Crippen LogP contribution in [0.25, 0.3) is 0 Å². The first-order chi connectivity index (χ1) is 7.25. The van der Waals surface area contributed by atoms with Crippen LogP contribution in [0.1, 0.15) is 9.67 Å². The van der Waals surface area contributed by atoms with E-state index in [1.165, 1.54) is 11.3 Å². The highest BCUT2D eigenvalue weighted by atomic mass is 127. The average Bonchev–Trinajstić information content (AvgIpc) is 2.74. The summed E-state index contributed by atoms with van der Waals surface area (Å²) < 4.78 is 1.04. The number of nitrogens with zero attached hydrogens (tertiary/aromatic N) is 1. The van der Waals surface area contributed by atoms with Crippen molar-refractivity contribution in [1.82, 2.24) is 4.98 Å². The largest absolute Gasteiger partial charge is 0.306 e. The molecule has 0 aliphatic heterocycles. The molecule has 0 bridgehead atoms. The van der Waals surface area contributed by atoms with Gasteiger partial charge in [-0.25, -0.2) is 4.98 Å². The highest BCUT2D eigenvalue weighted by Gasteiger charge is 2.06. The van der Waals surface area contributed by atoms with Crippen molar-refractivity contribution in [2.24, 2.45) is 0 Å². The maximum atomic E-state index is 11.6. The van der Waals surface area contributed by atoms with Gasteiger partial charge in [-0.2, -0.15) is 0 Å². The molecule has 0 fully saturated rings. The molecule has 0 aliphatic rings. The molecule has 15 heavy (non-hydrogen) atoms. The summed E-state index contributed by atoms with van der Waals surface area (Å²) in [5, 5.41) is 4.60. The first-order valence-electron chi connectivity index (χ1n) is 4.22. The van der Waals surface area contributed by atoms with Crippen LogP contribution in [-0.2, 0) is 0 Å². The Hall–Kier alpha value is -0.950. The maximum absolute atomic E-state index is 11.6. The van der Waals surface area contributed by atoms with Crippen molar-refractivity contribution in [2.45, 2.75) is 0 Å². The fourth-order valence-corrected chi connectivity index (χ4v) is 1.97. The molecule has 1 amide bonds. The van der Waals surface area contributed by atoms with E-state index in [2.05, 4.69) is 32.9 Å². The first-order valence-corrected chi connectivity index (χ1v) is 6.18. The number of halogens is 1. The number of hydrogen-bond donors (Lipinski definition) is 1. The molecule has 0 saturated carbocycles. The van der Waals surface area contributed by atoms with Gasteiger partial charge in [0.15, 0.2) is 0 Å². The lowest BCUT2D eigenvalue weighted by Gasteiger charge is -2.01. The predicted molar refractivity (Wildman–Crippen MR) is 69.2 cm³/mol. The number of hydrogen-bond acceptors (Lipinski definition) is 3. The van der Waals surface area contributed by atoms with Crippen LogP contribution in [0, 0.1) is 3.57 Å². The zero-order chi connectivity index (χ0) is 10.7. The third-order valence-electron chi connectivity index (χ3n) is 1.71. The van der Waals surface area contributed by atoms with Crippen LogP contribution in [0.3, 0.4) is 0 Å². The van der Waals surface area contributed by atoms with Gasteiger partial charge < -0.3 is 5.32 Å². The monoisotopic (exact) mass is 330 g/mol. The minimum Gasteiger partial charge on any atom is -0.306 e. The van der Waals surface area contributed by atoms with Crippen LogP contribution in [0.2, 0.25) is 0 Å². The van der Waals surface area contributed by atoms with E-state index in [9.17, 15) is 4.79 Å². The van der Waals surface area contributed by atoms with Crippen LogP contribution >= 0.6 is 33.9 Å². The predicted octanol–water partition coefficient (Wildman–Crippen LogP) is 3.00. The van der Waals surface area contributed by atoms with Crippen molar-refractivity contribution in [3.63, 3.8) is 0 Å². The number of amides is 1. The van der Waals surface area contributed by atoms with E-state index < -0.39 is 0 Å². The molecular weight excluding hydrogens is 323 g/mol. The number of anilines is 1. The maximum Gasteiger partial charge on any atom is 0.266 e. The van der Waals surface area contributed by atoms with Crippen LogP contribution < -0.4 is 5.32 Å². The van der Waals surface area contributed by atoms with E-state index in [0.29, 0.717) is 10.7 Å². The molecule has 0 aromatic carbocycles. The summed E-state index contributed by atoms with van der Waals surface area (Å²) in [6.07, 6.45) is 1.71. The Bertz CT molecular complexity index is 453. The highest BCUT2D eigenvalue weighted by molar-refractivity contribution is 14.1. The first kappa shape index (κ1) is 10.6. The van der Waals surface area contributed by atoms with Crippen molar-refractivity contribution in [2.75, 3.05) is 5.32 Å². The van der Waals surface area contributed by atoms with E-state index >= 15 is 0 Å². The average molecular weight is 330 g/mol. The van der Waals surface area contributed by atoms with Gasteiger partial charge >= 0.3 is 0 Å². The molecule has 5 heteroatoms. The van der Waals surface area contributed by atoms with Gasteiger partial charge in [0.05, 0.1) is 4.88 Å². The van der Waals surface area contributed by atoms with Gasteiger partial charge in [-0.3, -0.25) is 4.79 Å². The van der Waals surface area contributed by atoms with Crippen LogP contribution in [0.5, 0.6) is 0 Å². The molecule has 2 aromatic heterocycles. The minimum absolute atomic E-state index is 0.112. The van der Waals surface area contributed by atoms with E-state index in [1.54, 1.807) is 18.3 Å². The second-order valence-electron chi connectivity index (χ2n) is 2.79. The number of carbonyl (C=O) groups is 1.